The van der Waals surface area contributed by atoms with E-state index >= 15 is 0 Å². The average molecular weight is 502 g/mol. The Kier molecular flexibility index (Phi) is 6.25. The minimum atomic E-state index is -4.50. The normalized spacial score (nSPS) is 23.9. The van der Waals surface area contributed by atoms with Crippen LogP contribution in [0.2, 0.25) is 0 Å². The monoisotopic (exact) mass is 501 g/mol. The molecule has 2 heterocycles. The summed E-state index contributed by atoms with van der Waals surface area (Å²) in [5.41, 5.74) is 1.88. The van der Waals surface area contributed by atoms with Crippen LogP contribution < -0.4 is 10.8 Å². The van der Waals surface area contributed by atoms with E-state index in [1.807, 2.05) is 0 Å². The SMILES string of the molecule is O=C(N[C@@H]1C[C@@]2(CCCO2)C[C@@H]1C(=O)NO)c1ccc(Cn2c(C(F)(F)F)cc3ccccc32)cc1. The van der Waals surface area contributed by atoms with Crippen molar-refractivity contribution in [3.8, 4) is 0 Å². The molecule has 10 heteroatoms. The van der Waals surface area contributed by atoms with E-state index in [0.29, 0.717) is 41.5 Å². The molecule has 0 bridgehead atoms. The molecule has 1 saturated heterocycles. The molecule has 190 valence electrons. The number of nitrogens with one attached hydrogen (secondary N) is 2. The second-order valence-corrected chi connectivity index (χ2v) is 9.57. The first-order chi connectivity index (χ1) is 17.2. The second kappa shape index (κ2) is 9.25. The third kappa shape index (κ3) is 4.58. The summed E-state index contributed by atoms with van der Waals surface area (Å²) in [6.07, 6.45) is -1.96. The minimum Gasteiger partial charge on any atom is -0.375 e. The van der Waals surface area contributed by atoms with Crippen LogP contribution in [0.1, 0.15) is 47.3 Å². The molecule has 2 amide bonds. The number of rotatable bonds is 5. The number of amides is 2. The molecule has 1 spiro atoms. The lowest BCUT2D eigenvalue weighted by Crippen LogP contribution is -2.43. The van der Waals surface area contributed by atoms with Gasteiger partial charge in [-0.25, -0.2) is 5.48 Å². The Morgan fingerprint density at radius 2 is 1.86 bits per heavy atom. The number of alkyl halides is 3. The summed E-state index contributed by atoms with van der Waals surface area (Å²) >= 11 is 0. The van der Waals surface area contributed by atoms with E-state index in [1.54, 1.807) is 54.0 Å². The molecule has 0 unspecified atom stereocenters. The standard InChI is InChI=1S/C26H26F3N3O4/c27-26(28,29)22-12-18-4-1-2-5-21(18)32(22)15-16-6-8-17(9-7-16)23(33)30-20-14-25(10-3-11-36-25)13-19(20)24(34)31-35/h1-2,4-9,12,19-20,35H,3,10-11,13-15H2,(H,30,33)(H,31,34)/t19-,20+,25+/m0/s1. The predicted octanol–water partition coefficient (Wildman–Crippen LogP) is 4.27. The third-order valence-electron chi connectivity index (χ3n) is 7.28. The van der Waals surface area contributed by atoms with Gasteiger partial charge in [0.15, 0.2) is 0 Å². The third-order valence-corrected chi connectivity index (χ3v) is 7.28. The van der Waals surface area contributed by atoms with Crippen molar-refractivity contribution in [3.63, 3.8) is 0 Å². The van der Waals surface area contributed by atoms with Gasteiger partial charge in [0, 0.05) is 35.7 Å². The summed E-state index contributed by atoms with van der Waals surface area (Å²) in [4.78, 5) is 25.2. The van der Waals surface area contributed by atoms with E-state index in [2.05, 4.69) is 5.32 Å². The zero-order chi connectivity index (χ0) is 25.5. The zero-order valence-electron chi connectivity index (χ0n) is 19.3. The van der Waals surface area contributed by atoms with E-state index in [9.17, 15) is 22.8 Å². The average Bonchev–Trinajstić information content (AvgIpc) is 3.57. The topological polar surface area (TPSA) is 92.6 Å². The number of carbonyl (C=O) groups excluding carboxylic acids is 2. The highest BCUT2D eigenvalue weighted by molar-refractivity contribution is 5.95. The van der Waals surface area contributed by atoms with Gasteiger partial charge in [0.2, 0.25) is 5.91 Å². The molecule has 1 aliphatic heterocycles. The number of hydrogen-bond donors (Lipinski definition) is 3. The Bertz CT molecular complexity index is 1280. The Hall–Kier alpha value is -3.37. The van der Waals surface area contributed by atoms with Gasteiger partial charge in [-0.05, 0) is 55.5 Å². The Balaban J connectivity index is 1.33. The number of hydrogen-bond acceptors (Lipinski definition) is 4. The van der Waals surface area contributed by atoms with Crippen LogP contribution >= 0.6 is 0 Å². The molecular formula is C26H26F3N3O4. The first kappa shape index (κ1) is 24.3. The molecule has 2 aliphatic rings. The molecule has 0 radical (unpaired) electrons. The first-order valence-corrected chi connectivity index (χ1v) is 11.8. The van der Waals surface area contributed by atoms with E-state index < -0.39 is 41.2 Å². The highest BCUT2D eigenvalue weighted by Gasteiger charge is 2.51. The molecule has 7 nitrogen and oxygen atoms in total. The van der Waals surface area contributed by atoms with Crippen molar-refractivity contribution < 1.29 is 32.7 Å². The maximum Gasteiger partial charge on any atom is 0.431 e. The number of fused-ring (bicyclic) bond motifs is 1. The fourth-order valence-corrected chi connectivity index (χ4v) is 5.57. The van der Waals surface area contributed by atoms with Crippen LogP contribution in [-0.4, -0.2) is 39.8 Å². The molecular weight excluding hydrogens is 475 g/mol. The summed E-state index contributed by atoms with van der Waals surface area (Å²) in [6, 6.07) is 13.7. The quantitative estimate of drug-likeness (QED) is 0.360. The minimum absolute atomic E-state index is 0.00845. The van der Waals surface area contributed by atoms with Crippen molar-refractivity contribution in [2.24, 2.45) is 5.92 Å². The van der Waals surface area contributed by atoms with Crippen molar-refractivity contribution in [1.82, 2.24) is 15.4 Å². The van der Waals surface area contributed by atoms with Crippen LogP contribution in [-0.2, 0) is 22.3 Å². The van der Waals surface area contributed by atoms with Crippen molar-refractivity contribution in [2.45, 2.75) is 50.0 Å². The number of benzene rings is 2. The van der Waals surface area contributed by atoms with Gasteiger partial charge in [0.25, 0.3) is 5.91 Å². The number of para-hydroxylation sites is 1. The van der Waals surface area contributed by atoms with Crippen LogP contribution in [0.25, 0.3) is 10.9 Å². The van der Waals surface area contributed by atoms with Crippen LogP contribution in [0.4, 0.5) is 13.2 Å². The Labute approximate surface area is 205 Å². The summed E-state index contributed by atoms with van der Waals surface area (Å²) in [5, 5.41) is 12.5. The molecule has 36 heavy (non-hydrogen) atoms. The van der Waals surface area contributed by atoms with Gasteiger partial charge in [-0.15, -0.1) is 0 Å². The summed E-state index contributed by atoms with van der Waals surface area (Å²) in [7, 11) is 0. The summed E-state index contributed by atoms with van der Waals surface area (Å²) in [6.45, 7) is 0.591. The van der Waals surface area contributed by atoms with Gasteiger partial charge in [0.1, 0.15) is 5.69 Å². The van der Waals surface area contributed by atoms with Crippen molar-refractivity contribution in [3.05, 3.63) is 71.4 Å². The highest BCUT2D eigenvalue weighted by Crippen LogP contribution is 2.44. The van der Waals surface area contributed by atoms with Gasteiger partial charge >= 0.3 is 6.18 Å². The largest absolute Gasteiger partial charge is 0.431 e. The van der Waals surface area contributed by atoms with Crippen molar-refractivity contribution in [2.75, 3.05) is 6.61 Å². The number of halogens is 3. The molecule has 3 N–H and O–H groups in total. The van der Waals surface area contributed by atoms with Gasteiger partial charge < -0.3 is 14.6 Å². The van der Waals surface area contributed by atoms with Gasteiger partial charge in [-0.2, -0.15) is 13.2 Å². The Morgan fingerprint density at radius 3 is 2.53 bits per heavy atom. The van der Waals surface area contributed by atoms with Crippen LogP contribution in [0.15, 0.2) is 54.6 Å². The van der Waals surface area contributed by atoms with E-state index in [1.165, 1.54) is 4.57 Å². The molecule has 3 atom stereocenters. The van der Waals surface area contributed by atoms with E-state index in [4.69, 9.17) is 9.94 Å². The molecule has 1 aromatic heterocycles. The fourth-order valence-electron chi connectivity index (χ4n) is 5.57. The summed E-state index contributed by atoms with van der Waals surface area (Å²) < 4.78 is 48.1. The molecule has 1 saturated carbocycles. The fraction of sp³-hybridized carbons (Fsp3) is 0.385. The number of nitrogens with zero attached hydrogens (tertiary/aromatic N) is 1. The van der Waals surface area contributed by atoms with Crippen molar-refractivity contribution >= 4 is 22.7 Å². The number of aromatic nitrogens is 1. The zero-order valence-corrected chi connectivity index (χ0v) is 19.3. The van der Waals surface area contributed by atoms with Crippen molar-refractivity contribution in [1.29, 1.82) is 0 Å². The number of carbonyl (C=O) groups is 2. The maximum absolute atomic E-state index is 13.7. The molecule has 2 aromatic carbocycles. The molecule has 2 fully saturated rings. The van der Waals surface area contributed by atoms with E-state index in [0.717, 1.165) is 18.9 Å². The Morgan fingerprint density at radius 1 is 1.11 bits per heavy atom. The van der Waals surface area contributed by atoms with Crippen LogP contribution in [0.3, 0.4) is 0 Å². The van der Waals surface area contributed by atoms with E-state index in [-0.39, 0.29) is 6.54 Å². The summed E-state index contributed by atoms with van der Waals surface area (Å²) in [5.74, 6) is -1.60. The predicted molar refractivity (Wildman–Crippen MR) is 124 cm³/mol. The smallest absolute Gasteiger partial charge is 0.375 e. The van der Waals surface area contributed by atoms with Crippen LogP contribution in [0, 0.1) is 5.92 Å². The lowest BCUT2D eigenvalue weighted by Gasteiger charge is -2.22. The second-order valence-electron chi connectivity index (χ2n) is 9.57. The van der Waals surface area contributed by atoms with Gasteiger partial charge in [-0.1, -0.05) is 30.3 Å². The van der Waals surface area contributed by atoms with Crippen LogP contribution in [0.5, 0.6) is 0 Å². The first-order valence-electron chi connectivity index (χ1n) is 11.8. The number of ether oxygens (including phenoxy) is 1. The molecule has 3 aromatic rings. The highest BCUT2D eigenvalue weighted by atomic mass is 19.4. The molecule has 1 aliphatic carbocycles. The maximum atomic E-state index is 13.7. The lowest BCUT2D eigenvalue weighted by atomic mass is 9.96. The van der Waals surface area contributed by atoms with Gasteiger partial charge in [-0.3, -0.25) is 14.8 Å². The molecule has 5 rings (SSSR count). The van der Waals surface area contributed by atoms with Gasteiger partial charge in [0.05, 0.1) is 11.5 Å². The lowest BCUT2D eigenvalue weighted by molar-refractivity contribution is -0.143. The number of hydroxylamine groups is 1.